The summed E-state index contributed by atoms with van der Waals surface area (Å²) in [5.41, 5.74) is 1.72. The average Bonchev–Trinajstić information content (AvgIpc) is 3.00. The molecule has 0 spiro atoms. The molecular formula is C18H16FN7O2. The van der Waals surface area contributed by atoms with E-state index in [4.69, 9.17) is 0 Å². The van der Waals surface area contributed by atoms with Gasteiger partial charge in [-0.05, 0) is 37.6 Å². The van der Waals surface area contributed by atoms with Crippen LogP contribution in [0.2, 0.25) is 0 Å². The minimum Gasteiger partial charge on any atom is -0.327 e. The number of fused-ring (bicyclic) bond motifs is 1. The first-order chi connectivity index (χ1) is 13.4. The molecule has 4 aromatic rings. The fourth-order valence-corrected chi connectivity index (χ4v) is 2.91. The fourth-order valence-electron chi connectivity index (χ4n) is 2.91. The van der Waals surface area contributed by atoms with Gasteiger partial charge in [-0.15, -0.1) is 0 Å². The molecule has 0 aliphatic heterocycles. The Morgan fingerprint density at radius 2 is 2.04 bits per heavy atom. The third-order valence-electron chi connectivity index (χ3n) is 4.32. The number of imidazole rings is 1. The Balaban J connectivity index is 1.78. The zero-order chi connectivity index (χ0) is 19.8. The first kappa shape index (κ1) is 17.6. The summed E-state index contributed by atoms with van der Waals surface area (Å²) in [5.74, 6) is -0.296. The summed E-state index contributed by atoms with van der Waals surface area (Å²) >= 11 is 0. The number of aromatic amines is 2. The highest BCUT2D eigenvalue weighted by Crippen LogP contribution is 2.20. The van der Waals surface area contributed by atoms with Gasteiger partial charge in [0.15, 0.2) is 5.65 Å². The summed E-state index contributed by atoms with van der Waals surface area (Å²) in [6.07, 6.45) is 4.15. The number of hydrogen-bond acceptors (Lipinski definition) is 6. The Hall–Kier alpha value is -3.82. The summed E-state index contributed by atoms with van der Waals surface area (Å²) in [7, 11) is 0. The van der Waals surface area contributed by atoms with Gasteiger partial charge in [0.2, 0.25) is 5.95 Å². The predicted molar refractivity (Wildman–Crippen MR) is 101 cm³/mol. The van der Waals surface area contributed by atoms with Crippen LogP contribution in [0.3, 0.4) is 0 Å². The summed E-state index contributed by atoms with van der Waals surface area (Å²) in [5, 5.41) is 2.87. The van der Waals surface area contributed by atoms with E-state index in [0.29, 0.717) is 16.9 Å². The van der Waals surface area contributed by atoms with E-state index in [0.717, 1.165) is 11.8 Å². The molecular weight excluding hydrogens is 365 g/mol. The molecule has 0 saturated heterocycles. The van der Waals surface area contributed by atoms with Crippen molar-refractivity contribution in [2.75, 3.05) is 5.32 Å². The van der Waals surface area contributed by atoms with Gasteiger partial charge in [0.05, 0.1) is 24.1 Å². The van der Waals surface area contributed by atoms with Gasteiger partial charge in [0.25, 0.3) is 5.56 Å². The number of anilines is 2. The molecule has 0 bridgehead atoms. The molecule has 0 unspecified atom stereocenters. The summed E-state index contributed by atoms with van der Waals surface area (Å²) in [4.78, 5) is 42.3. The summed E-state index contributed by atoms with van der Waals surface area (Å²) in [6, 6.07) is 3.97. The number of H-pyrrole nitrogens is 2. The molecule has 142 valence electrons. The Bertz CT molecular complexity index is 1270. The molecule has 4 aromatic heterocycles. The number of hydrogen-bond donors (Lipinski definition) is 3. The van der Waals surface area contributed by atoms with Crippen molar-refractivity contribution in [2.24, 2.45) is 0 Å². The largest absolute Gasteiger partial charge is 0.328 e. The van der Waals surface area contributed by atoms with Crippen molar-refractivity contribution in [3.63, 3.8) is 0 Å². The molecule has 0 aliphatic carbocycles. The van der Waals surface area contributed by atoms with Gasteiger partial charge in [-0.2, -0.15) is 4.98 Å². The van der Waals surface area contributed by atoms with E-state index in [1.165, 1.54) is 22.9 Å². The van der Waals surface area contributed by atoms with Crippen LogP contribution in [0.15, 0.2) is 46.4 Å². The van der Waals surface area contributed by atoms with Crippen LogP contribution in [0.5, 0.6) is 0 Å². The van der Waals surface area contributed by atoms with Gasteiger partial charge >= 0.3 is 5.69 Å². The van der Waals surface area contributed by atoms with Crippen molar-refractivity contribution >= 4 is 22.8 Å². The molecule has 1 atom stereocenters. The number of pyridine rings is 2. The average molecular weight is 381 g/mol. The van der Waals surface area contributed by atoms with E-state index in [2.05, 4.69) is 30.2 Å². The van der Waals surface area contributed by atoms with Crippen molar-refractivity contribution in [3.05, 3.63) is 74.7 Å². The van der Waals surface area contributed by atoms with Crippen LogP contribution in [0.1, 0.15) is 24.2 Å². The zero-order valence-electron chi connectivity index (χ0n) is 15.0. The maximum Gasteiger partial charge on any atom is 0.328 e. The van der Waals surface area contributed by atoms with Crippen LogP contribution >= 0.6 is 0 Å². The second kappa shape index (κ2) is 6.72. The molecule has 4 heterocycles. The molecule has 0 aromatic carbocycles. The normalized spacial score (nSPS) is 12.2. The van der Waals surface area contributed by atoms with Crippen LogP contribution in [0.4, 0.5) is 16.0 Å². The number of nitrogens with one attached hydrogen (secondary N) is 3. The number of nitrogens with zero attached hydrogens (tertiary/aromatic N) is 4. The topological polar surface area (TPSA) is 121 Å². The fraction of sp³-hybridized carbons (Fsp3) is 0.167. The lowest BCUT2D eigenvalue weighted by Crippen LogP contribution is -2.22. The van der Waals surface area contributed by atoms with Crippen LogP contribution in [0.25, 0.3) is 11.2 Å². The molecule has 9 nitrogen and oxygen atoms in total. The highest BCUT2D eigenvalue weighted by molar-refractivity contribution is 5.72. The maximum atomic E-state index is 13.2. The highest BCUT2D eigenvalue weighted by Gasteiger charge is 2.18. The highest BCUT2D eigenvalue weighted by atomic mass is 19.1. The number of aryl methyl sites for hydroxylation is 1. The van der Waals surface area contributed by atoms with E-state index in [1.807, 2.05) is 6.92 Å². The Morgan fingerprint density at radius 1 is 1.21 bits per heavy atom. The smallest absolute Gasteiger partial charge is 0.327 e. The van der Waals surface area contributed by atoms with E-state index in [9.17, 15) is 14.0 Å². The van der Waals surface area contributed by atoms with Crippen molar-refractivity contribution in [1.29, 1.82) is 0 Å². The van der Waals surface area contributed by atoms with Crippen molar-refractivity contribution in [3.8, 4) is 0 Å². The number of rotatable bonds is 4. The molecule has 0 saturated carbocycles. The molecule has 0 fully saturated rings. The Kier molecular flexibility index (Phi) is 4.22. The molecule has 10 heteroatoms. The first-order valence-electron chi connectivity index (χ1n) is 8.47. The van der Waals surface area contributed by atoms with Crippen LogP contribution in [-0.4, -0.2) is 29.5 Å². The third kappa shape index (κ3) is 3.15. The number of aromatic nitrogens is 6. The SMILES string of the molecule is Cc1c[nH]c(=O)c(Nc2ncc3[nH]c(=O)n([C@H](C)c4ccc(F)cn4)c3n2)c1. The maximum absolute atomic E-state index is 13.2. The van der Waals surface area contributed by atoms with Gasteiger partial charge in [-0.1, -0.05) is 0 Å². The molecule has 4 rings (SSSR count). The van der Waals surface area contributed by atoms with Gasteiger partial charge in [-0.3, -0.25) is 14.3 Å². The second-order valence-corrected chi connectivity index (χ2v) is 6.35. The van der Waals surface area contributed by atoms with Crippen LogP contribution in [0, 0.1) is 12.7 Å². The number of halogens is 1. The summed E-state index contributed by atoms with van der Waals surface area (Å²) < 4.78 is 14.6. The monoisotopic (exact) mass is 381 g/mol. The molecule has 0 amide bonds. The van der Waals surface area contributed by atoms with Crippen LogP contribution < -0.4 is 16.6 Å². The summed E-state index contributed by atoms with van der Waals surface area (Å²) in [6.45, 7) is 3.60. The van der Waals surface area contributed by atoms with Crippen molar-refractivity contribution in [2.45, 2.75) is 19.9 Å². The van der Waals surface area contributed by atoms with E-state index in [-0.39, 0.29) is 17.2 Å². The third-order valence-corrected chi connectivity index (χ3v) is 4.32. The predicted octanol–water partition coefficient (Wildman–Crippen LogP) is 2.00. The molecule has 3 N–H and O–H groups in total. The first-order valence-corrected chi connectivity index (χ1v) is 8.47. The molecule has 28 heavy (non-hydrogen) atoms. The lowest BCUT2D eigenvalue weighted by Gasteiger charge is -2.12. The second-order valence-electron chi connectivity index (χ2n) is 6.35. The Labute approximate surface area is 157 Å². The minimum absolute atomic E-state index is 0.163. The molecule has 0 aliphatic rings. The van der Waals surface area contributed by atoms with E-state index < -0.39 is 17.5 Å². The quantitative estimate of drug-likeness (QED) is 0.497. The molecule has 0 radical (unpaired) electrons. The van der Waals surface area contributed by atoms with Crippen molar-refractivity contribution in [1.82, 2.24) is 29.5 Å². The van der Waals surface area contributed by atoms with Crippen molar-refractivity contribution < 1.29 is 4.39 Å². The lowest BCUT2D eigenvalue weighted by atomic mass is 10.2. The van der Waals surface area contributed by atoms with Gasteiger partial charge in [0.1, 0.15) is 17.0 Å². The van der Waals surface area contributed by atoms with E-state index >= 15 is 0 Å². The minimum atomic E-state index is -0.494. The zero-order valence-corrected chi connectivity index (χ0v) is 15.0. The lowest BCUT2D eigenvalue weighted by molar-refractivity contribution is 0.592. The van der Waals surface area contributed by atoms with Gasteiger partial charge < -0.3 is 15.3 Å². The Morgan fingerprint density at radius 3 is 2.79 bits per heavy atom. The van der Waals surface area contributed by atoms with Gasteiger partial charge in [0, 0.05) is 6.20 Å². The van der Waals surface area contributed by atoms with Gasteiger partial charge in [-0.25, -0.2) is 14.2 Å². The standard InChI is InChI=1S/C18H16FN7O2/c1-9-5-13(16(27)21-6-9)23-17-22-8-14-15(25-17)26(18(28)24-14)10(2)12-4-3-11(19)7-20-12/h3-8,10H,1-2H3,(H,21,27)(H,24,28)(H,22,23,25)/t10-/m1/s1. The van der Waals surface area contributed by atoms with Crippen LogP contribution in [-0.2, 0) is 0 Å². The van der Waals surface area contributed by atoms with E-state index in [1.54, 1.807) is 19.2 Å².